The molecule has 128 valence electrons. The van der Waals surface area contributed by atoms with Crippen LogP contribution in [0, 0.1) is 5.82 Å². The highest BCUT2D eigenvalue weighted by molar-refractivity contribution is 8.06. The van der Waals surface area contributed by atoms with Crippen LogP contribution in [0.15, 0.2) is 23.4 Å². The van der Waals surface area contributed by atoms with Crippen LogP contribution in [0.3, 0.4) is 0 Å². The third kappa shape index (κ3) is 4.12. The Bertz CT molecular complexity index is 741. The third-order valence-electron chi connectivity index (χ3n) is 2.95. The Balaban J connectivity index is 2.12. The van der Waals surface area contributed by atoms with Crippen LogP contribution in [-0.4, -0.2) is 25.0 Å². The molecule has 1 aliphatic heterocycles. The predicted molar refractivity (Wildman–Crippen MR) is 73.0 cm³/mol. The van der Waals surface area contributed by atoms with Crippen LogP contribution in [0.4, 0.5) is 17.6 Å². The minimum atomic E-state index is -4.91. The normalized spacial score (nSPS) is 17.6. The lowest BCUT2D eigenvalue weighted by atomic mass is 10.1. The van der Waals surface area contributed by atoms with Gasteiger partial charge in [-0.3, -0.25) is 0 Å². The molecule has 10 heteroatoms. The smallest absolute Gasteiger partial charge is 0.419 e. The minimum absolute atomic E-state index is 0.0237. The number of hydrogen-bond donors (Lipinski definition) is 0. The molecule has 0 saturated carbocycles. The molecule has 0 aromatic heterocycles. The van der Waals surface area contributed by atoms with Gasteiger partial charge in [0.25, 0.3) is 0 Å². The highest BCUT2D eigenvalue weighted by Gasteiger charge is 2.37. The van der Waals surface area contributed by atoms with Crippen molar-refractivity contribution in [2.75, 3.05) is 5.94 Å². The van der Waals surface area contributed by atoms with Crippen LogP contribution in [0.1, 0.15) is 25.8 Å². The van der Waals surface area contributed by atoms with Crippen molar-refractivity contribution < 1.29 is 35.6 Å². The second kappa shape index (κ2) is 5.66. The van der Waals surface area contributed by atoms with Gasteiger partial charge in [-0.15, -0.1) is 0 Å². The Kier molecular flexibility index (Phi) is 4.31. The van der Waals surface area contributed by atoms with Crippen molar-refractivity contribution in [1.29, 1.82) is 0 Å². The molecule has 1 aromatic carbocycles. The lowest BCUT2D eigenvalue weighted by Gasteiger charge is -2.13. The third-order valence-corrected chi connectivity index (χ3v) is 4.32. The maximum atomic E-state index is 13.1. The molecule has 0 unspecified atom stereocenters. The molecular weight excluding hydrogens is 342 g/mol. The van der Waals surface area contributed by atoms with Crippen LogP contribution in [0.25, 0.3) is 0 Å². The molecule has 1 aromatic rings. The molecular formula is C13H13F4NO4S. The Hall–Kier alpha value is -1.84. The molecule has 0 radical (unpaired) electrons. The van der Waals surface area contributed by atoms with Crippen molar-refractivity contribution in [2.45, 2.75) is 32.0 Å². The summed E-state index contributed by atoms with van der Waals surface area (Å²) in [5, 5.41) is 3.20. The van der Waals surface area contributed by atoms with Gasteiger partial charge in [-0.05, 0) is 32.0 Å². The fraction of sp³-hybridized carbons (Fsp3) is 0.462. The molecule has 0 fully saturated rings. The molecule has 0 aliphatic carbocycles. The zero-order chi connectivity index (χ0) is 17.5. The Morgan fingerprint density at radius 2 is 2.00 bits per heavy atom. The number of ether oxygens (including phenoxy) is 1. The van der Waals surface area contributed by atoms with E-state index in [1.165, 1.54) is 0 Å². The summed E-state index contributed by atoms with van der Waals surface area (Å²) in [5.41, 5.74) is -2.31. The predicted octanol–water partition coefficient (Wildman–Crippen LogP) is 3.11. The summed E-state index contributed by atoms with van der Waals surface area (Å²) in [6.07, 6.45) is -4.88. The summed E-state index contributed by atoms with van der Waals surface area (Å²) in [5.74, 6) is -2.81. The SMILES string of the molecule is CC1(C)CC(S(=O)(=O)COc2ccc(F)c(C(F)(F)F)c2)=NO1. The fourth-order valence-electron chi connectivity index (χ4n) is 1.79. The van der Waals surface area contributed by atoms with E-state index in [1.54, 1.807) is 13.8 Å². The van der Waals surface area contributed by atoms with Gasteiger partial charge in [0, 0.05) is 6.42 Å². The van der Waals surface area contributed by atoms with Crippen LogP contribution in [0.5, 0.6) is 5.75 Å². The Morgan fingerprint density at radius 1 is 1.35 bits per heavy atom. The second-order valence-electron chi connectivity index (χ2n) is 5.53. The van der Waals surface area contributed by atoms with Crippen LogP contribution in [0.2, 0.25) is 0 Å². The first-order valence-corrected chi connectivity index (χ1v) is 8.03. The number of hydrogen-bond acceptors (Lipinski definition) is 5. The van der Waals surface area contributed by atoms with Crippen LogP contribution in [-0.2, 0) is 20.9 Å². The molecule has 0 amide bonds. The number of nitrogens with zero attached hydrogens (tertiary/aromatic N) is 1. The van der Waals surface area contributed by atoms with Gasteiger partial charge in [0.15, 0.2) is 11.0 Å². The maximum absolute atomic E-state index is 13.1. The van der Waals surface area contributed by atoms with Gasteiger partial charge in [-0.25, -0.2) is 12.8 Å². The summed E-state index contributed by atoms with van der Waals surface area (Å²) < 4.78 is 79.8. The number of benzene rings is 1. The van der Waals surface area contributed by atoms with E-state index in [9.17, 15) is 26.0 Å². The summed E-state index contributed by atoms with van der Waals surface area (Å²) in [6.45, 7) is 3.27. The first-order valence-electron chi connectivity index (χ1n) is 6.38. The first-order chi connectivity index (χ1) is 10.4. The fourth-order valence-corrected chi connectivity index (χ4v) is 2.94. The van der Waals surface area contributed by atoms with E-state index in [2.05, 4.69) is 5.16 Å². The van der Waals surface area contributed by atoms with Crippen molar-refractivity contribution in [2.24, 2.45) is 5.16 Å². The van der Waals surface area contributed by atoms with E-state index in [-0.39, 0.29) is 11.5 Å². The van der Waals surface area contributed by atoms with E-state index in [4.69, 9.17) is 9.57 Å². The lowest BCUT2D eigenvalue weighted by molar-refractivity contribution is -0.140. The molecule has 0 bridgehead atoms. The van der Waals surface area contributed by atoms with Gasteiger partial charge in [0.2, 0.25) is 9.84 Å². The van der Waals surface area contributed by atoms with E-state index in [0.717, 1.165) is 6.07 Å². The lowest BCUT2D eigenvalue weighted by Crippen LogP contribution is -2.25. The summed E-state index contributed by atoms with van der Waals surface area (Å²) in [6, 6.07) is 1.88. The van der Waals surface area contributed by atoms with E-state index in [0.29, 0.717) is 12.1 Å². The topological polar surface area (TPSA) is 65.0 Å². The standard InChI is InChI=1S/C13H13F4NO4S/c1-12(2)6-11(18-22-12)23(19,20)7-21-8-3-4-10(14)9(5-8)13(15,16)17/h3-5H,6-7H2,1-2H3. The minimum Gasteiger partial charge on any atom is -0.477 e. The maximum Gasteiger partial charge on any atom is 0.419 e. The molecule has 0 N–H and O–H groups in total. The molecule has 2 rings (SSSR count). The molecule has 0 atom stereocenters. The van der Waals surface area contributed by atoms with Gasteiger partial charge >= 0.3 is 6.18 Å². The van der Waals surface area contributed by atoms with Crippen molar-refractivity contribution >= 4 is 14.9 Å². The number of rotatable bonds is 3. The van der Waals surface area contributed by atoms with Crippen LogP contribution >= 0.6 is 0 Å². The Labute approximate surface area is 129 Å². The summed E-state index contributed by atoms with van der Waals surface area (Å²) in [4.78, 5) is 4.93. The summed E-state index contributed by atoms with van der Waals surface area (Å²) >= 11 is 0. The number of halogens is 4. The van der Waals surface area contributed by atoms with E-state index in [1.807, 2.05) is 0 Å². The zero-order valence-corrected chi connectivity index (χ0v) is 13.0. The molecule has 5 nitrogen and oxygen atoms in total. The summed E-state index contributed by atoms with van der Waals surface area (Å²) in [7, 11) is -3.96. The van der Waals surface area contributed by atoms with E-state index >= 15 is 0 Å². The van der Waals surface area contributed by atoms with Gasteiger partial charge < -0.3 is 9.57 Å². The monoisotopic (exact) mass is 355 g/mol. The highest BCUT2D eigenvalue weighted by atomic mass is 32.2. The number of oxime groups is 1. The molecule has 0 spiro atoms. The van der Waals surface area contributed by atoms with Crippen molar-refractivity contribution in [3.63, 3.8) is 0 Å². The highest BCUT2D eigenvalue weighted by Crippen LogP contribution is 2.33. The second-order valence-corrected chi connectivity index (χ2v) is 7.47. The van der Waals surface area contributed by atoms with Gasteiger partial charge in [-0.2, -0.15) is 13.2 Å². The van der Waals surface area contributed by atoms with Crippen molar-refractivity contribution in [3.05, 3.63) is 29.6 Å². The van der Waals surface area contributed by atoms with Gasteiger partial charge in [-0.1, -0.05) is 5.16 Å². The van der Waals surface area contributed by atoms with E-state index < -0.39 is 44.7 Å². The average Bonchev–Trinajstić information content (AvgIpc) is 2.78. The quantitative estimate of drug-likeness (QED) is 0.782. The van der Waals surface area contributed by atoms with Crippen molar-refractivity contribution in [1.82, 2.24) is 0 Å². The number of alkyl halides is 3. The molecule has 1 aliphatic rings. The largest absolute Gasteiger partial charge is 0.477 e. The Morgan fingerprint density at radius 3 is 2.52 bits per heavy atom. The molecule has 1 heterocycles. The zero-order valence-electron chi connectivity index (χ0n) is 12.1. The van der Waals surface area contributed by atoms with Crippen LogP contribution < -0.4 is 4.74 Å². The van der Waals surface area contributed by atoms with Gasteiger partial charge in [0.1, 0.15) is 17.2 Å². The van der Waals surface area contributed by atoms with Gasteiger partial charge in [0.05, 0.1) is 5.56 Å². The molecule has 23 heavy (non-hydrogen) atoms. The van der Waals surface area contributed by atoms with Crippen molar-refractivity contribution in [3.8, 4) is 5.75 Å². The average molecular weight is 355 g/mol. The number of sulfone groups is 1. The molecule has 0 saturated heterocycles. The first kappa shape index (κ1) is 17.5.